The zero-order chi connectivity index (χ0) is 36.5. The Morgan fingerprint density at radius 1 is 0.400 bits per heavy atom. The lowest BCUT2D eigenvalue weighted by Gasteiger charge is -2.12. The summed E-state index contributed by atoms with van der Waals surface area (Å²) in [6.45, 7) is 20.5. The van der Waals surface area contributed by atoms with Gasteiger partial charge in [-0.3, -0.25) is 0 Å². The number of ether oxygens (including phenoxy) is 4. The Labute approximate surface area is 291 Å². The molecule has 50 heavy (non-hydrogen) atoms. The lowest BCUT2D eigenvalue weighted by molar-refractivity contribution is -0.132. The normalized spacial score (nSPS) is 10.1. The fraction of sp³-hybridized carbons (Fsp3) is 0.0952. The average molecular weight is 667 g/mol. The second-order valence-electron chi connectivity index (χ2n) is 11.4. The van der Waals surface area contributed by atoms with Crippen molar-refractivity contribution < 1.29 is 38.1 Å². The number of benzene rings is 4. The van der Waals surface area contributed by atoms with Crippen LogP contribution in [-0.2, 0) is 19.2 Å². The smallest absolute Gasteiger partial charge is 0.338 e. The van der Waals surface area contributed by atoms with E-state index in [4.69, 9.17) is 18.9 Å². The van der Waals surface area contributed by atoms with Crippen LogP contribution in [0, 0.1) is 11.8 Å². The van der Waals surface area contributed by atoms with Crippen LogP contribution in [0.2, 0.25) is 0 Å². The Kier molecular flexibility index (Phi) is 11.5. The fourth-order valence-corrected chi connectivity index (χ4v) is 4.09. The number of rotatable bonds is 10. The van der Waals surface area contributed by atoms with E-state index in [0.29, 0.717) is 0 Å². The van der Waals surface area contributed by atoms with Gasteiger partial charge in [-0.05, 0) is 98.5 Å². The number of carbonyl (C=O) groups is 4. The Balaban J connectivity index is 1.53. The van der Waals surface area contributed by atoms with Crippen molar-refractivity contribution in [1.29, 1.82) is 0 Å². The highest BCUT2D eigenvalue weighted by Crippen LogP contribution is 2.35. The molecule has 0 spiro atoms. The summed E-state index contributed by atoms with van der Waals surface area (Å²) in [7, 11) is 0. The Bertz CT molecular complexity index is 1970. The summed E-state index contributed by atoms with van der Waals surface area (Å²) in [5.41, 5.74) is 5.40. The minimum absolute atomic E-state index is 0.0728. The van der Waals surface area contributed by atoms with Crippen LogP contribution >= 0.6 is 0 Å². The van der Waals surface area contributed by atoms with E-state index in [1.54, 1.807) is 36.4 Å². The fourth-order valence-electron chi connectivity index (χ4n) is 4.09. The first kappa shape index (κ1) is 36.1. The van der Waals surface area contributed by atoms with E-state index in [-0.39, 0.29) is 45.3 Å². The molecule has 0 fully saturated rings. The average Bonchev–Trinajstić information content (AvgIpc) is 3.09. The molecule has 4 aromatic carbocycles. The van der Waals surface area contributed by atoms with Gasteiger partial charge in [0, 0.05) is 33.4 Å². The third-order valence-corrected chi connectivity index (χ3v) is 6.88. The Morgan fingerprint density at radius 2 is 0.660 bits per heavy atom. The summed E-state index contributed by atoms with van der Waals surface area (Å²) < 4.78 is 21.6. The maximum absolute atomic E-state index is 12.3. The van der Waals surface area contributed by atoms with Crippen molar-refractivity contribution in [3.05, 3.63) is 145 Å². The largest absolute Gasteiger partial charge is 0.419 e. The van der Waals surface area contributed by atoms with E-state index in [1.165, 1.54) is 27.7 Å². The molecule has 0 saturated heterocycles. The molecule has 0 atom stereocenters. The molecule has 0 aliphatic carbocycles. The quantitative estimate of drug-likeness (QED) is 0.0720. The monoisotopic (exact) mass is 666 g/mol. The zero-order valence-corrected chi connectivity index (χ0v) is 28.2. The number of esters is 4. The van der Waals surface area contributed by atoms with Gasteiger partial charge in [-0.1, -0.05) is 74.6 Å². The molecule has 0 aliphatic rings. The van der Waals surface area contributed by atoms with Crippen LogP contribution in [0.5, 0.6) is 23.0 Å². The molecule has 0 aliphatic heterocycles. The highest BCUT2D eigenvalue weighted by molar-refractivity contribution is 5.92. The van der Waals surface area contributed by atoms with Crippen LogP contribution < -0.4 is 18.9 Å². The molecule has 0 unspecified atom stereocenters. The second-order valence-corrected chi connectivity index (χ2v) is 11.4. The third kappa shape index (κ3) is 9.43. The number of hydrogen-bond acceptors (Lipinski definition) is 8. The van der Waals surface area contributed by atoms with E-state index >= 15 is 0 Å². The van der Waals surface area contributed by atoms with Crippen molar-refractivity contribution in [2.24, 2.45) is 0 Å². The first-order valence-corrected chi connectivity index (χ1v) is 15.2. The molecule has 0 N–H and O–H groups in total. The first-order chi connectivity index (χ1) is 23.7. The SMILES string of the molecule is C=C(C)C(=O)Oc1ccc(-c2ccc(C#Cc3ccc(-c4ccc(OC(=O)C(=C)C)c(OC(=O)C(=C)C)c4)cc3)cc2)cc1OC(=O)C(=C)C. The molecule has 4 rings (SSSR count). The van der Waals surface area contributed by atoms with E-state index in [0.717, 1.165) is 33.4 Å². The predicted molar refractivity (Wildman–Crippen MR) is 192 cm³/mol. The van der Waals surface area contributed by atoms with Crippen molar-refractivity contribution in [1.82, 2.24) is 0 Å². The molecule has 4 aromatic rings. The van der Waals surface area contributed by atoms with Crippen LogP contribution in [0.25, 0.3) is 22.3 Å². The molecule has 0 amide bonds. The minimum Gasteiger partial charge on any atom is -0.419 e. The maximum atomic E-state index is 12.3. The van der Waals surface area contributed by atoms with Gasteiger partial charge in [0.25, 0.3) is 0 Å². The van der Waals surface area contributed by atoms with Crippen LogP contribution in [0.15, 0.2) is 134 Å². The van der Waals surface area contributed by atoms with Crippen molar-refractivity contribution >= 4 is 23.9 Å². The van der Waals surface area contributed by atoms with E-state index in [9.17, 15) is 19.2 Å². The number of hydrogen-bond donors (Lipinski definition) is 0. The minimum atomic E-state index is -0.651. The molecule has 0 aromatic heterocycles. The van der Waals surface area contributed by atoms with Crippen molar-refractivity contribution in [2.45, 2.75) is 27.7 Å². The van der Waals surface area contributed by atoms with E-state index in [1.807, 2.05) is 48.5 Å². The van der Waals surface area contributed by atoms with Crippen LogP contribution in [0.4, 0.5) is 0 Å². The molecule has 250 valence electrons. The van der Waals surface area contributed by atoms with Crippen LogP contribution in [0.3, 0.4) is 0 Å². The van der Waals surface area contributed by atoms with E-state index < -0.39 is 23.9 Å². The van der Waals surface area contributed by atoms with Gasteiger partial charge in [-0.2, -0.15) is 0 Å². The Morgan fingerprint density at radius 3 is 0.940 bits per heavy atom. The molecular weight excluding hydrogens is 632 g/mol. The standard InChI is InChI=1S/C42H34O8/c1-25(2)39(43)47-35-21-19-33(23-37(35)49-41(45)27(5)6)31-15-11-29(12-16-31)9-10-30-13-17-32(18-14-30)34-20-22-36(48-40(44)26(3)4)38(24-34)50-42(46)28(7)8/h11-24H,1,3,5,7H2,2,4,6,8H3. The van der Waals surface area contributed by atoms with Crippen LogP contribution in [0.1, 0.15) is 38.8 Å². The van der Waals surface area contributed by atoms with Gasteiger partial charge >= 0.3 is 23.9 Å². The topological polar surface area (TPSA) is 105 Å². The summed E-state index contributed by atoms with van der Waals surface area (Å²) in [5, 5.41) is 0. The lowest BCUT2D eigenvalue weighted by atomic mass is 10.0. The molecule has 0 saturated carbocycles. The molecule has 0 heterocycles. The van der Waals surface area contributed by atoms with Gasteiger partial charge in [0.2, 0.25) is 0 Å². The van der Waals surface area contributed by atoms with Gasteiger partial charge in [-0.25, -0.2) is 19.2 Å². The van der Waals surface area contributed by atoms with Crippen molar-refractivity contribution in [2.75, 3.05) is 0 Å². The zero-order valence-electron chi connectivity index (χ0n) is 28.2. The first-order valence-electron chi connectivity index (χ1n) is 15.2. The molecule has 0 radical (unpaired) electrons. The summed E-state index contributed by atoms with van der Waals surface area (Å²) in [4.78, 5) is 48.7. The maximum Gasteiger partial charge on any atom is 0.338 e. The van der Waals surface area contributed by atoms with Crippen molar-refractivity contribution in [3.63, 3.8) is 0 Å². The second kappa shape index (κ2) is 15.9. The van der Waals surface area contributed by atoms with Gasteiger partial charge in [0.05, 0.1) is 0 Å². The van der Waals surface area contributed by atoms with Gasteiger partial charge in [-0.15, -0.1) is 0 Å². The Hall–Kier alpha value is -6.72. The lowest BCUT2D eigenvalue weighted by Crippen LogP contribution is -2.12. The summed E-state index contributed by atoms with van der Waals surface area (Å²) in [5.74, 6) is 4.02. The molecular formula is C42H34O8. The summed E-state index contributed by atoms with van der Waals surface area (Å²) in [6.07, 6.45) is 0. The molecule has 8 heteroatoms. The predicted octanol–water partition coefficient (Wildman–Crippen LogP) is 8.35. The van der Waals surface area contributed by atoms with Crippen molar-refractivity contribution in [3.8, 4) is 57.1 Å². The third-order valence-electron chi connectivity index (χ3n) is 6.88. The highest BCUT2D eigenvalue weighted by Gasteiger charge is 2.18. The van der Waals surface area contributed by atoms with Crippen LogP contribution in [-0.4, -0.2) is 23.9 Å². The van der Waals surface area contributed by atoms with Gasteiger partial charge in [0.15, 0.2) is 23.0 Å². The number of carbonyl (C=O) groups excluding carboxylic acids is 4. The van der Waals surface area contributed by atoms with Gasteiger partial charge < -0.3 is 18.9 Å². The summed E-state index contributed by atoms with van der Waals surface area (Å²) in [6, 6.07) is 24.8. The molecule has 0 bridgehead atoms. The summed E-state index contributed by atoms with van der Waals surface area (Å²) >= 11 is 0. The molecule has 8 nitrogen and oxygen atoms in total. The van der Waals surface area contributed by atoms with Gasteiger partial charge in [0.1, 0.15) is 0 Å². The highest BCUT2D eigenvalue weighted by atomic mass is 16.6. The van der Waals surface area contributed by atoms with E-state index in [2.05, 4.69) is 38.2 Å².